The molecule has 6 heteroatoms. The van der Waals surface area contributed by atoms with Crippen LogP contribution in [0.1, 0.15) is 30.5 Å². The molecule has 0 aliphatic heterocycles. The summed E-state index contributed by atoms with van der Waals surface area (Å²) in [6.07, 6.45) is 2.73. The largest absolute Gasteiger partial charge is 0.484 e. The van der Waals surface area contributed by atoms with E-state index in [9.17, 15) is 9.59 Å². The van der Waals surface area contributed by atoms with E-state index >= 15 is 0 Å². The first-order chi connectivity index (χ1) is 17.9. The maximum atomic E-state index is 13.6. The number of carbonyl (C=O) groups excluding carboxylic acids is 2. The lowest BCUT2D eigenvalue weighted by Crippen LogP contribution is -2.47. The summed E-state index contributed by atoms with van der Waals surface area (Å²) in [5, 5.41) is 1.17. The van der Waals surface area contributed by atoms with Gasteiger partial charge in [-0.2, -0.15) is 0 Å². The van der Waals surface area contributed by atoms with Crippen molar-refractivity contribution in [2.24, 2.45) is 0 Å². The highest BCUT2D eigenvalue weighted by Gasteiger charge is 2.24. The standard InChI is InChI=1S/C31H35N3O3/c1-23(2)34(31(36)22-37-27-9-5-4-6-10-27)21-30(35)33(20-25-15-13-24(3)14-16-25)18-17-26-19-32-29-12-8-7-11-28(26)29/h4-16,19,23,32H,17-18,20-22H2,1-3H3. The number of carbonyl (C=O) groups is 2. The number of nitrogens with one attached hydrogen (secondary N) is 1. The molecule has 0 radical (unpaired) electrons. The second-order valence-electron chi connectivity index (χ2n) is 9.63. The first-order valence-corrected chi connectivity index (χ1v) is 12.8. The molecule has 1 aromatic heterocycles. The Hall–Kier alpha value is -4.06. The molecule has 1 heterocycles. The van der Waals surface area contributed by atoms with Crippen LogP contribution in [-0.4, -0.2) is 52.3 Å². The van der Waals surface area contributed by atoms with E-state index in [4.69, 9.17) is 4.74 Å². The van der Waals surface area contributed by atoms with Crippen LogP contribution in [0.3, 0.4) is 0 Å². The Labute approximate surface area is 218 Å². The lowest BCUT2D eigenvalue weighted by atomic mass is 10.1. The van der Waals surface area contributed by atoms with Gasteiger partial charge in [0.05, 0.1) is 0 Å². The van der Waals surface area contributed by atoms with Gasteiger partial charge in [-0.3, -0.25) is 9.59 Å². The minimum Gasteiger partial charge on any atom is -0.484 e. The van der Waals surface area contributed by atoms with Crippen molar-refractivity contribution in [2.75, 3.05) is 19.7 Å². The number of benzene rings is 3. The zero-order valence-electron chi connectivity index (χ0n) is 21.8. The second-order valence-corrected chi connectivity index (χ2v) is 9.63. The van der Waals surface area contributed by atoms with Crippen molar-refractivity contribution >= 4 is 22.7 Å². The number of hydrogen-bond acceptors (Lipinski definition) is 3. The Morgan fingerprint density at radius 2 is 1.59 bits per heavy atom. The van der Waals surface area contributed by atoms with Crippen molar-refractivity contribution in [3.63, 3.8) is 0 Å². The van der Waals surface area contributed by atoms with Crippen LogP contribution in [0.2, 0.25) is 0 Å². The molecule has 0 aliphatic carbocycles. The molecule has 1 N–H and O–H groups in total. The van der Waals surface area contributed by atoms with Crippen LogP contribution in [0.25, 0.3) is 10.9 Å². The van der Waals surface area contributed by atoms with Gasteiger partial charge in [-0.1, -0.05) is 66.2 Å². The number of nitrogens with zero attached hydrogens (tertiary/aromatic N) is 2. The van der Waals surface area contributed by atoms with E-state index < -0.39 is 0 Å². The van der Waals surface area contributed by atoms with E-state index in [1.807, 2.05) is 74.3 Å². The van der Waals surface area contributed by atoms with Crippen molar-refractivity contribution in [2.45, 2.75) is 39.8 Å². The molecular formula is C31H35N3O3. The highest BCUT2D eigenvalue weighted by molar-refractivity contribution is 5.86. The SMILES string of the molecule is Cc1ccc(CN(CCc2c[nH]c3ccccc23)C(=O)CN(C(=O)COc2ccccc2)C(C)C)cc1. The van der Waals surface area contributed by atoms with Gasteiger partial charge in [-0.25, -0.2) is 0 Å². The van der Waals surface area contributed by atoms with E-state index in [0.717, 1.165) is 11.1 Å². The van der Waals surface area contributed by atoms with Crippen molar-refractivity contribution in [3.8, 4) is 5.75 Å². The average molecular weight is 498 g/mol. The van der Waals surface area contributed by atoms with Crippen LogP contribution in [-0.2, 0) is 22.6 Å². The van der Waals surface area contributed by atoms with Gasteiger partial charge in [0.25, 0.3) is 5.91 Å². The van der Waals surface area contributed by atoms with Crippen LogP contribution < -0.4 is 4.74 Å². The Morgan fingerprint density at radius 3 is 2.32 bits per heavy atom. The Balaban J connectivity index is 1.47. The van der Waals surface area contributed by atoms with Gasteiger partial charge in [-0.15, -0.1) is 0 Å². The molecule has 0 saturated carbocycles. The van der Waals surface area contributed by atoms with Crippen molar-refractivity contribution < 1.29 is 14.3 Å². The summed E-state index contributed by atoms with van der Waals surface area (Å²) in [7, 11) is 0. The third kappa shape index (κ3) is 7.00. The first kappa shape index (κ1) is 26.0. The summed E-state index contributed by atoms with van der Waals surface area (Å²) in [5.41, 5.74) is 4.50. The minimum atomic E-state index is -0.209. The van der Waals surface area contributed by atoms with E-state index in [1.54, 1.807) is 4.90 Å². The molecule has 3 aromatic carbocycles. The van der Waals surface area contributed by atoms with Gasteiger partial charge in [0, 0.05) is 36.2 Å². The Bertz CT molecular complexity index is 1310. The molecular weight excluding hydrogens is 462 g/mol. The van der Waals surface area contributed by atoms with Gasteiger partial charge in [0.15, 0.2) is 6.61 Å². The highest BCUT2D eigenvalue weighted by Crippen LogP contribution is 2.19. The van der Waals surface area contributed by atoms with Crippen LogP contribution in [0.15, 0.2) is 85.1 Å². The summed E-state index contributed by atoms with van der Waals surface area (Å²) in [4.78, 5) is 33.4. The molecule has 4 aromatic rings. The molecule has 0 bridgehead atoms. The number of H-pyrrole nitrogens is 1. The predicted molar refractivity (Wildman–Crippen MR) is 147 cm³/mol. The van der Waals surface area contributed by atoms with Crippen molar-refractivity contribution in [3.05, 3.63) is 102 Å². The molecule has 6 nitrogen and oxygen atoms in total. The molecule has 4 rings (SSSR count). The average Bonchev–Trinajstić information content (AvgIpc) is 3.32. The van der Waals surface area contributed by atoms with Crippen LogP contribution in [0.5, 0.6) is 5.75 Å². The minimum absolute atomic E-state index is 0.00833. The summed E-state index contributed by atoms with van der Waals surface area (Å²) in [6, 6.07) is 25.5. The topological polar surface area (TPSA) is 65.6 Å². The number of aromatic amines is 1. The van der Waals surface area contributed by atoms with Gasteiger partial charge in [0.2, 0.25) is 5.91 Å². The number of hydrogen-bond donors (Lipinski definition) is 1. The number of para-hydroxylation sites is 2. The maximum Gasteiger partial charge on any atom is 0.261 e. The van der Waals surface area contributed by atoms with Gasteiger partial charge in [0.1, 0.15) is 12.3 Å². The summed E-state index contributed by atoms with van der Waals surface area (Å²) >= 11 is 0. The van der Waals surface area contributed by atoms with Gasteiger partial charge < -0.3 is 19.5 Å². The van der Waals surface area contributed by atoms with E-state index in [2.05, 4.69) is 41.4 Å². The Kier molecular flexibility index (Phi) is 8.62. The molecule has 0 atom stereocenters. The number of aromatic nitrogens is 1. The maximum absolute atomic E-state index is 13.6. The van der Waals surface area contributed by atoms with Crippen LogP contribution in [0, 0.1) is 6.92 Å². The quantitative estimate of drug-likeness (QED) is 0.303. The fourth-order valence-corrected chi connectivity index (χ4v) is 4.35. The number of rotatable bonds is 11. The van der Waals surface area contributed by atoms with E-state index in [-0.39, 0.29) is 31.0 Å². The number of amides is 2. The van der Waals surface area contributed by atoms with Gasteiger partial charge in [-0.05, 0) is 56.5 Å². The normalized spacial score (nSPS) is 11.0. The monoisotopic (exact) mass is 497 g/mol. The lowest BCUT2D eigenvalue weighted by Gasteiger charge is -2.30. The Morgan fingerprint density at radius 1 is 0.892 bits per heavy atom. The van der Waals surface area contributed by atoms with Gasteiger partial charge >= 0.3 is 0 Å². The van der Waals surface area contributed by atoms with E-state index in [0.29, 0.717) is 25.3 Å². The molecule has 0 saturated heterocycles. The fourth-order valence-electron chi connectivity index (χ4n) is 4.35. The third-order valence-corrected chi connectivity index (χ3v) is 6.53. The molecule has 0 unspecified atom stereocenters. The zero-order chi connectivity index (χ0) is 26.2. The zero-order valence-corrected chi connectivity index (χ0v) is 21.8. The number of fused-ring (bicyclic) bond motifs is 1. The fraction of sp³-hybridized carbons (Fsp3) is 0.290. The molecule has 2 amide bonds. The predicted octanol–water partition coefficient (Wildman–Crippen LogP) is 5.36. The highest BCUT2D eigenvalue weighted by atomic mass is 16.5. The molecule has 0 spiro atoms. The van der Waals surface area contributed by atoms with E-state index in [1.165, 1.54) is 16.5 Å². The summed E-state index contributed by atoms with van der Waals surface area (Å²) in [5.74, 6) is 0.340. The molecule has 37 heavy (non-hydrogen) atoms. The van der Waals surface area contributed by atoms with Crippen molar-refractivity contribution in [1.82, 2.24) is 14.8 Å². The van der Waals surface area contributed by atoms with Crippen molar-refractivity contribution in [1.29, 1.82) is 0 Å². The van der Waals surface area contributed by atoms with Crippen LogP contribution in [0.4, 0.5) is 0 Å². The smallest absolute Gasteiger partial charge is 0.261 e. The molecule has 192 valence electrons. The third-order valence-electron chi connectivity index (χ3n) is 6.53. The lowest BCUT2D eigenvalue weighted by molar-refractivity contribution is -0.143. The van der Waals surface area contributed by atoms with Crippen LogP contribution >= 0.6 is 0 Å². The number of ether oxygens (including phenoxy) is 1. The first-order valence-electron chi connectivity index (χ1n) is 12.8. The summed E-state index contributed by atoms with van der Waals surface area (Å²) in [6.45, 7) is 6.83. The molecule has 0 fully saturated rings. The second kappa shape index (κ2) is 12.3. The number of aryl methyl sites for hydroxylation is 1. The summed E-state index contributed by atoms with van der Waals surface area (Å²) < 4.78 is 5.67. The molecule has 0 aliphatic rings.